The standard InChI is InChI=1S/C12H14F4N2O2/c1-7(2)17-9-5-3-4-8(18-9)10(19)20-6-12(15,16)11(13)14/h3-5,7,11H,6H2,1-2H3,(H,17,18). The van der Waals surface area contributed by atoms with Crippen molar-refractivity contribution in [2.75, 3.05) is 11.9 Å². The molecule has 0 radical (unpaired) electrons. The molecule has 1 N–H and O–H groups in total. The van der Waals surface area contributed by atoms with Gasteiger partial charge in [0.1, 0.15) is 5.82 Å². The van der Waals surface area contributed by atoms with Crippen LogP contribution in [0.15, 0.2) is 18.2 Å². The van der Waals surface area contributed by atoms with Crippen molar-refractivity contribution in [3.63, 3.8) is 0 Å². The highest BCUT2D eigenvalue weighted by Crippen LogP contribution is 2.23. The third kappa shape index (κ3) is 4.67. The molecule has 0 unspecified atom stereocenters. The average Bonchev–Trinajstić information content (AvgIpc) is 2.35. The maximum atomic E-state index is 12.6. The van der Waals surface area contributed by atoms with E-state index in [-0.39, 0.29) is 11.7 Å². The van der Waals surface area contributed by atoms with E-state index in [4.69, 9.17) is 0 Å². The van der Waals surface area contributed by atoms with Gasteiger partial charge in [0, 0.05) is 6.04 Å². The van der Waals surface area contributed by atoms with Crippen LogP contribution in [0, 0.1) is 0 Å². The summed E-state index contributed by atoms with van der Waals surface area (Å²) in [5.41, 5.74) is -0.235. The van der Waals surface area contributed by atoms with Crippen LogP contribution in [0.25, 0.3) is 0 Å². The van der Waals surface area contributed by atoms with Crippen LogP contribution in [0.2, 0.25) is 0 Å². The number of carbonyl (C=O) groups excluding carboxylic acids is 1. The number of nitrogens with one attached hydrogen (secondary N) is 1. The third-order valence-electron chi connectivity index (χ3n) is 2.11. The molecule has 0 aliphatic heterocycles. The topological polar surface area (TPSA) is 51.2 Å². The van der Waals surface area contributed by atoms with Gasteiger partial charge in [0.05, 0.1) is 0 Å². The van der Waals surface area contributed by atoms with E-state index >= 15 is 0 Å². The van der Waals surface area contributed by atoms with Gasteiger partial charge < -0.3 is 10.1 Å². The number of ether oxygens (including phenoxy) is 1. The van der Waals surface area contributed by atoms with Gasteiger partial charge in [0.2, 0.25) is 0 Å². The molecule has 0 aliphatic rings. The van der Waals surface area contributed by atoms with E-state index in [9.17, 15) is 22.4 Å². The molecular formula is C12H14F4N2O2. The molecule has 20 heavy (non-hydrogen) atoms. The molecular weight excluding hydrogens is 280 g/mol. The van der Waals surface area contributed by atoms with Crippen LogP contribution >= 0.6 is 0 Å². The maximum Gasteiger partial charge on any atom is 0.357 e. The summed E-state index contributed by atoms with van der Waals surface area (Å²) in [5.74, 6) is -5.20. The highest BCUT2D eigenvalue weighted by molar-refractivity contribution is 5.87. The van der Waals surface area contributed by atoms with Crippen LogP contribution in [0.3, 0.4) is 0 Å². The van der Waals surface area contributed by atoms with E-state index in [1.807, 2.05) is 13.8 Å². The zero-order chi connectivity index (χ0) is 15.3. The molecule has 8 heteroatoms. The molecule has 0 aromatic carbocycles. The summed E-state index contributed by atoms with van der Waals surface area (Å²) in [6.45, 7) is 2.00. The Labute approximate surface area is 113 Å². The lowest BCUT2D eigenvalue weighted by Crippen LogP contribution is -2.33. The fraction of sp³-hybridized carbons (Fsp3) is 0.500. The number of pyridine rings is 1. The first kappa shape index (κ1) is 16.2. The number of carbonyl (C=O) groups is 1. The van der Waals surface area contributed by atoms with Crippen molar-refractivity contribution >= 4 is 11.8 Å². The lowest BCUT2D eigenvalue weighted by molar-refractivity contribution is -0.155. The van der Waals surface area contributed by atoms with Crippen LogP contribution < -0.4 is 5.32 Å². The van der Waals surface area contributed by atoms with Gasteiger partial charge in [-0.1, -0.05) is 6.07 Å². The molecule has 0 bridgehead atoms. The van der Waals surface area contributed by atoms with Crippen LogP contribution in [-0.2, 0) is 4.74 Å². The van der Waals surface area contributed by atoms with Crippen LogP contribution in [0.4, 0.5) is 23.4 Å². The summed E-state index contributed by atoms with van der Waals surface area (Å²) in [5, 5.41) is 2.90. The van der Waals surface area contributed by atoms with Gasteiger partial charge >= 0.3 is 18.3 Å². The molecule has 0 fully saturated rings. The second-order valence-electron chi connectivity index (χ2n) is 4.34. The van der Waals surface area contributed by atoms with Gasteiger partial charge in [0.25, 0.3) is 0 Å². The van der Waals surface area contributed by atoms with Gasteiger partial charge in [0.15, 0.2) is 12.3 Å². The zero-order valence-electron chi connectivity index (χ0n) is 10.9. The summed E-state index contributed by atoms with van der Waals surface area (Å²) in [6, 6.07) is 4.34. The maximum absolute atomic E-state index is 12.6. The van der Waals surface area contributed by atoms with Gasteiger partial charge in [-0.25, -0.2) is 18.6 Å². The van der Waals surface area contributed by atoms with E-state index in [1.165, 1.54) is 12.1 Å². The van der Waals surface area contributed by atoms with Crippen molar-refractivity contribution in [2.24, 2.45) is 0 Å². The summed E-state index contributed by atoms with van der Waals surface area (Å²) >= 11 is 0. The number of hydrogen-bond acceptors (Lipinski definition) is 4. The van der Waals surface area contributed by atoms with E-state index in [0.29, 0.717) is 5.82 Å². The highest BCUT2D eigenvalue weighted by atomic mass is 19.3. The largest absolute Gasteiger partial charge is 0.454 e. The van der Waals surface area contributed by atoms with Crippen molar-refractivity contribution in [2.45, 2.75) is 32.2 Å². The first-order valence-electron chi connectivity index (χ1n) is 5.79. The van der Waals surface area contributed by atoms with Crippen LogP contribution in [0.5, 0.6) is 0 Å². The molecule has 0 amide bonds. The molecule has 0 atom stereocenters. The lowest BCUT2D eigenvalue weighted by atomic mass is 10.3. The molecule has 1 aromatic heterocycles. The number of alkyl halides is 4. The summed E-state index contributed by atoms with van der Waals surface area (Å²) < 4.78 is 53.2. The quantitative estimate of drug-likeness (QED) is 0.647. The molecule has 0 spiro atoms. The minimum atomic E-state index is -4.37. The second kappa shape index (κ2) is 6.53. The number of rotatable bonds is 6. The van der Waals surface area contributed by atoms with E-state index in [1.54, 1.807) is 6.07 Å². The minimum Gasteiger partial charge on any atom is -0.454 e. The number of nitrogens with zero attached hydrogens (tertiary/aromatic N) is 1. The Balaban J connectivity index is 2.68. The average molecular weight is 294 g/mol. The number of esters is 1. The Hall–Kier alpha value is -1.86. The van der Waals surface area contributed by atoms with Crippen molar-refractivity contribution < 1.29 is 27.1 Å². The zero-order valence-corrected chi connectivity index (χ0v) is 10.9. The van der Waals surface area contributed by atoms with Gasteiger partial charge in [-0.05, 0) is 26.0 Å². The van der Waals surface area contributed by atoms with Gasteiger partial charge in [-0.2, -0.15) is 8.78 Å². The van der Waals surface area contributed by atoms with Crippen molar-refractivity contribution in [3.05, 3.63) is 23.9 Å². The van der Waals surface area contributed by atoms with E-state index < -0.39 is 24.9 Å². The predicted molar refractivity (Wildman–Crippen MR) is 64.2 cm³/mol. The smallest absolute Gasteiger partial charge is 0.357 e. The molecule has 0 aliphatic carbocycles. The van der Waals surface area contributed by atoms with Gasteiger partial charge in [-0.15, -0.1) is 0 Å². The first-order valence-corrected chi connectivity index (χ1v) is 5.79. The second-order valence-corrected chi connectivity index (χ2v) is 4.34. The molecule has 4 nitrogen and oxygen atoms in total. The lowest BCUT2D eigenvalue weighted by Gasteiger charge is -2.15. The molecule has 0 saturated carbocycles. The van der Waals surface area contributed by atoms with E-state index in [2.05, 4.69) is 15.0 Å². The fourth-order valence-electron chi connectivity index (χ4n) is 1.22. The Kier molecular flexibility index (Phi) is 5.29. The predicted octanol–water partition coefficient (Wildman–Crippen LogP) is 2.96. The monoisotopic (exact) mass is 294 g/mol. The van der Waals surface area contributed by atoms with Crippen molar-refractivity contribution in [3.8, 4) is 0 Å². The third-order valence-corrected chi connectivity index (χ3v) is 2.11. The molecule has 0 saturated heterocycles. The Morgan fingerprint density at radius 2 is 2.05 bits per heavy atom. The molecule has 1 aromatic rings. The van der Waals surface area contributed by atoms with Crippen LogP contribution in [0.1, 0.15) is 24.3 Å². The number of halogens is 4. The SMILES string of the molecule is CC(C)Nc1cccc(C(=O)OCC(F)(F)C(F)F)n1. The fourth-order valence-corrected chi connectivity index (χ4v) is 1.22. The van der Waals surface area contributed by atoms with Crippen molar-refractivity contribution in [1.82, 2.24) is 4.98 Å². The number of anilines is 1. The molecule has 1 heterocycles. The minimum absolute atomic E-state index is 0.0527. The van der Waals surface area contributed by atoms with Crippen molar-refractivity contribution in [1.29, 1.82) is 0 Å². The molecule has 1 rings (SSSR count). The normalized spacial score (nSPS) is 11.8. The molecule has 112 valence electrons. The summed E-state index contributed by atoms with van der Waals surface area (Å²) in [6.07, 6.45) is -3.89. The first-order chi connectivity index (χ1) is 9.22. The van der Waals surface area contributed by atoms with Crippen LogP contribution in [-0.4, -0.2) is 35.9 Å². The summed E-state index contributed by atoms with van der Waals surface area (Å²) in [7, 11) is 0. The highest BCUT2D eigenvalue weighted by Gasteiger charge is 2.42. The Morgan fingerprint density at radius 3 is 2.60 bits per heavy atom. The Bertz CT molecular complexity index is 467. The summed E-state index contributed by atoms with van der Waals surface area (Å²) in [4.78, 5) is 15.3. The van der Waals surface area contributed by atoms with Gasteiger partial charge in [-0.3, -0.25) is 0 Å². The number of aromatic nitrogens is 1. The van der Waals surface area contributed by atoms with E-state index in [0.717, 1.165) is 0 Å². The Morgan fingerprint density at radius 1 is 1.40 bits per heavy atom. The number of hydrogen-bond donors (Lipinski definition) is 1.